The molecule has 176 valence electrons. The molecule has 1 aliphatic heterocycles. The molecule has 3 heterocycles. The van der Waals surface area contributed by atoms with Crippen LogP contribution >= 0.6 is 39.1 Å². The topological polar surface area (TPSA) is 40.3 Å². The summed E-state index contributed by atoms with van der Waals surface area (Å²) in [6.07, 6.45) is 7.99. The van der Waals surface area contributed by atoms with Crippen LogP contribution in [-0.4, -0.2) is 46.9 Å². The van der Waals surface area contributed by atoms with Gasteiger partial charge in [-0.2, -0.15) is 0 Å². The fraction of sp³-hybridized carbons (Fsp3) is 0.346. The van der Waals surface area contributed by atoms with Crippen LogP contribution in [0.25, 0.3) is 0 Å². The Bertz CT molecular complexity index is 1230. The monoisotopic (exact) mass is 559 g/mol. The summed E-state index contributed by atoms with van der Waals surface area (Å²) in [5.41, 5.74) is 5.57. The minimum atomic E-state index is -0.0586. The van der Waals surface area contributed by atoms with Crippen molar-refractivity contribution in [2.75, 3.05) is 26.2 Å². The highest BCUT2D eigenvalue weighted by Crippen LogP contribution is 2.41. The predicted molar refractivity (Wildman–Crippen MR) is 137 cm³/mol. The number of halogens is 3. The first-order valence-electron chi connectivity index (χ1n) is 11.5. The van der Waals surface area contributed by atoms with Gasteiger partial charge in [-0.25, -0.2) is 4.57 Å². The van der Waals surface area contributed by atoms with Gasteiger partial charge in [-0.1, -0.05) is 23.2 Å². The van der Waals surface area contributed by atoms with Crippen molar-refractivity contribution in [2.24, 2.45) is 7.05 Å². The molecule has 3 aromatic rings. The van der Waals surface area contributed by atoms with Gasteiger partial charge in [-0.15, -0.1) is 0 Å². The second kappa shape index (κ2) is 9.94. The van der Waals surface area contributed by atoms with Gasteiger partial charge in [-0.3, -0.25) is 14.7 Å². The second-order valence-electron chi connectivity index (χ2n) is 9.03. The van der Waals surface area contributed by atoms with Crippen molar-refractivity contribution in [3.63, 3.8) is 0 Å². The van der Waals surface area contributed by atoms with Crippen LogP contribution in [-0.2, 0) is 31.1 Å². The molecule has 8 heteroatoms. The highest BCUT2D eigenvalue weighted by Gasteiger charge is 2.34. The smallest absolute Gasteiger partial charge is 0.227 e. The molecule has 1 amide bonds. The third-order valence-electron chi connectivity index (χ3n) is 6.78. The number of benzene rings is 1. The quantitative estimate of drug-likeness (QED) is 0.441. The van der Waals surface area contributed by atoms with Gasteiger partial charge in [0.05, 0.1) is 18.2 Å². The Morgan fingerprint density at radius 2 is 1.79 bits per heavy atom. The molecule has 0 radical (unpaired) electrons. The lowest BCUT2D eigenvalue weighted by atomic mass is 9.96. The van der Waals surface area contributed by atoms with E-state index in [4.69, 9.17) is 28.2 Å². The molecule has 0 saturated carbocycles. The second-order valence-corrected chi connectivity index (χ2v) is 10.8. The van der Waals surface area contributed by atoms with Gasteiger partial charge in [0.25, 0.3) is 0 Å². The Morgan fingerprint density at radius 3 is 2.53 bits per heavy atom. The van der Waals surface area contributed by atoms with Gasteiger partial charge in [-0.05, 0) is 69.2 Å². The van der Waals surface area contributed by atoms with Crippen LogP contribution in [0, 0.1) is 0 Å². The summed E-state index contributed by atoms with van der Waals surface area (Å²) in [4.78, 5) is 22.2. The maximum absolute atomic E-state index is 13.0. The first-order chi connectivity index (χ1) is 16.4. The number of hydrogen-bond donors (Lipinski definition) is 0. The summed E-state index contributed by atoms with van der Waals surface area (Å²) in [5.74, 6) is 0.169. The number of carbonyl (C=O) groups excluding carboxylic acids is 1. The molecule has 5 rings (SSSR count). The number of rotatable bonds is 3. The summed E-state index contributed by atoms with van der Waals surface area (Å²) in [5, 5.41) is 1.34. The van der Waals surface area contributed by atoms with Crippen LogP contribution in [0.4, 0.5) is 0 Å². The number of aryl methyl sites for hydroxylation is 3. The molecule has 1 aliphatic carbocycles. The number of aromatic nitrogens is 2. The summed E-state index contributed by atoms with van der Waals surface area (Å²) >= 11 is 16.7. The van der Waals surface area contributed by atoms with Crippen LogP contribution in [0.5, 0.6) is 0 Å². The highest BCUT2D eigenvalue weighted by atomic mass is 79.9. The van der Waals surface area contributed by atoms with Crippen molar-refractivity contribution in [3.8, 4) is 0 Å². The van der Waals surface area contributed by atoms with Crippen molar-refractivity contribution in [1.29, 1.82) is 0 Å². The van der Waals surface area contributed by atoms with Crippen LogP contribution in [0.3, 0.4) is 0 Å². The lowest BCUT2D eigenvalue weighted by Gasteiger charge is -2.40. The molecule has 1 atom stereocenters. The number of carbonyl (C=O) groups is 1. The Hall–Kier alpha value is -1.99. The van der Waals surface area contributed by atoms with Crippen LogP contribution in [0.15, 0.2) is 53.4 Å². The molecule has 0 bridgehead atoms. The Balaban J connectivity index is 1.40. The van der Waals surface area contributed by atoms with E-state index < -0.39 is 0 Å². The summed E-state index contributed by atoms with van der Waals surface area (Å²) in [6.45, 7) is 2.89. The minimum absolute atomic E-state index is 0.0586. The maximum atomic E-state index is 13.0. The van der Waals surface area contributed by atoms with E-state index in [1.165, 1.54) is 11.1 Å². The van der Waals surface area contributed by atoms with E-state index >= 15 is 0 Å². The molecular weight excluding hydrogens is 535 g/mol. The normalized spacial score (nSPS) is 18.2. The fourth-order valence-corrected chi connectivity index (χ4v) is 6.03. The van der Waals surface area contributed by atoms with Gasteiger partial charge < -0.3 is 4.90 Å². The number of fused-ring (bicyclic) bond motifs is 2. The van der Waals surface area contributed by atoms with E-state index in [1.54, 1.807) is 0 Å². The summed E-state index contributed by atoms with van der Waals surface area (Å²) < 4.78 is 2.95. The van der Waals surface area contributed by atoms with E-state index in [1.807, 2.05) is 59.4 Å². The molecule has 1 fully saturated rings. The van der Waals surface area contributed by atoms with E-state index in [-0.39, 0.29) is 11.9 Å². The third kappa shape index (κ3) is 4.87. The Labute approximate surface area is 218 Å². The molecule has 1 aromatic carbocycles. The number of pyridine rings is 2. The SMILES string of the molecule is C[n+]1ccc(CC(=O)N2CCN(C3c4ncc(Br)cc4CCc4cc(Cl)cc(Cl)c43)CC2)cc1. The van der Waals surface area contributed by atoms with Crippen molar-refractivity contribution in [1.82, 2.24) is 14.8 Å². The zero-order valence-electron chi connectivity index (χ0n) is 19.0. The first-order valence-corrected chi connectivity index (χ1v) is 13.0. The average molecular weight is 561 g/mol. The number of nitrogens with zero attached hydrogens (tertiary/aromatic N) is 4. The molecule has 1 unspecified atom stereocenters. The van der Waals surface area contributed by atoms with Gasteiger partial charge >= 0.3 is 0 Å². The lowest BCUT2D eigenvalue weighted by molar-refractivity contribution is -0.671. The van der Waals surface area contributed by atoms with Gasteiger partial charge in [0, 0.05) is 59.0 Å². The van der Waals surface area contributed by atoms with E-state index in [0.29, 0.717) is 29.6 Å². The first kappa shape index (κ1) is 23.7. The van der Waals surface area contributed by atoms with Crippen molar-refractivity contribution in [2.45, 2.75) is 25.3 Å². The van der Waals surface area contributed by atoms with E-state index in [2.05, 4.69) is 26.9 Å². The largest absolute Gasteiger partial charge is 0.340 e. The molecule has 0 N–H and O–H groups in total. The van der Waals surface area contributed by atoms with E-state index in [9.17, 15) is 4.79 Å². The summed E-state index contributed by atoms with van der Waals surface area (Å²) in [7, 11) is 1.97. The van der Waals surface area contributed by atoms with Gasteiger partial charge in [0.15, 0.2) is 12.4 Å². The van der Waals surface area contributed by atoms with Crippen molar-refractivity contribution in [3.05, 3.63) is 91.4 Å². The molecule has 2 aromatic heterocycles. The van der Waals surface area contributed by atoms with Gasteiger partial charge in [0.1, 0.15) is 7.05 Å². The molecule has 34 heavy (non-hydrogen) atoms. The van der Waals surface area contributed by atoms with Crippen LogP contribution in [0.1, 0.15) is 34.0 Å². The fourth-order valence-electron chi connectivity index (χ4n) is 5.02. The van der Waals surface area contributed by atoms with Gasteiger partial charge in [0.2, 0.25) is 5.91 Å². The molecule has 5 nitrogen and oxygen atoms in total. The molecular formula is C26H26BrCl2N4O+. The standard InChI is InChI=1S/C26H26BrCl2N4O/c1-31-6-4-17(5-7-31)12-23(34)32-8-10-33(11-9-32)26-24-18(14-21(28)15-22(24)29)2-3-19-13-20(27)16-30-25(19)26/h4-7,13-16,26H,2-3,8-12H2,1H3/q+1. The highest BCUT2D eigenvalue weighted by molar-refractivity contribution is 9.10. The number of amides is 1. The zero-order valence-corrected chi connectivity index (χ0v) is 22.1. The molecule has 2 aliphatic rings. The number of piperazine rings is 1. The Morgan fingerprint density at radius 1 is 1.09 bits per heavy atom. The lowest BCUT2D eigenvalue weighted by Crippen LogP contribution is -2.50. The summed E-state index contributed by atoms with van der Waals surface area (Å²) in [6, 6.07) is 9.98. The third-order valence-corrected chi connectivity index (χ3v) is 7.74. The van der Waals surface area contributed by atoms with Crippen molar-refractivity contribution < 1.29 is 9.36 Å². The average Bonchev–Trinajstić information content (AvgIpc) is 2.97. The van der Waals surface area contributed by atoms with E-state index in [0.717, 1.165) is 47.2 Å². The molecule has 1 saturated heterocycles. The minimum Gasteiger partial charge on any atom is -0.340 e. The maximum Gasteiger partial charge on any atom is 0.227 e. The zero-order chi connectivity index (χ0) is 23.8. The van der Waals surface area contributed by atoms with Crippen molar-refractivity contribution >= 4 is 45.0 Å². The van der Waals surface area contributed by atoms with Crippen LogP contribution in [0.2, 0.25) is 10.0 Å². The Kier molecular flexibility index (Phi) is 6.94. The number of hydrogen-bond acceptors (Lipinski definition) is 3. The molecule has 0 spiro atoms. The van der Waals surface area contributed by atoms with Crippen LogP contribution < -0.4 is 4.57 Å². The predicted octanol–water partition coefficient (Wildman–Crippen LogP) is 4.55.